The molecule has 0 aliphatic rings. The Morgan fingerprint density at radius 1 is 1.33 bits per heavy atom. The Labute approximate surface area is 105 Å². The SMILES string of the molecule is CCC(C(=O)O)N(C)C(C)c1cc(F)cc(F)c1. The minimum absolute atomic E-state index is 0.378. The number of benzene rings is 1. The van der Waals surface area contributed by atoms with Crippen molar-refractivity contribution in [1.29, 1.82) is 0 Å². The Hall–Kier alpha value is -1.49. The van der Waals surface area contributed by atoms with Crippen molar-refractivity contribution in [1.82, 2.24) is 4.90 Å². The van der Waals surface area contributed by atoms with Gasteiger partial charge in [-0.1, -0.05) is 6.92 Å². The number of halogens is 2. The third-order valence-electron chi connectivity index (χ3n) is 3.14. The van der Waals surface area contributed by atoms with Crippen molar-refractivity contribution in [3.8, 4) is 0 Å². The first-order valence-electron chi connectivity index (χ1n) is 5.77. The Morgan fingerprint density at radius 2 is 1.83 bits per heavy atom. The molecule has 1 aromatic rings. The van der Waals surface area contributed by atoms with Crippen LogP contribution in [0.5, 0.6) is 0 Å². The summed E-state index contributed by atoms with van der Waals surface area (Å²) in [5.74, 6) is -2.26. The second-order valence-electron chi connectivity index (χ2n) is 4.31. The molecule has 0 aromatic heterocycles. The molecule has 0 fully saturated rings. The fourth-order valence-electron chi connectivity index (χ4n) is 1.96. The second-order valence-corrected chi connectivity index (χ2v) is 4.31. The lowest BCUT2D eigenvalue weighted by atomic mass is 10.0. The van der Waals surface area contributed by atoms with Gasteiger partial charge in [-0.15, -0.1) is 0 Å². The van der Waals surface area contributed by atoms with E-state index in [4.69, 9.17) is 5.11 Å². The van der Waals surface area contributed by atoms with E-state index in [0.29, 0.717) is 12.0 Å². The lowest BCUT2D eigenvalue weighted by molar-refractivity contribution is -0.143. The van der Waals surface area contributed by atoms with Crippen LogP contribution in [0.1, 0.15) is 31.9 Å². The number of carbonyl (C=O) groups is 1. The van der Waals surface area contributed by atoms with Gasteiger partial charge in [-0.05, 0) is 38.1 Å². The summed E-state index contributed by atoms with van der Waals surface area (Å²) in [5.41, 5.74) is 0.426. The van der Waals surface area contributed by atoms with E-state index in [9.17, 15) is 13.6 Å². The molecule has 0 saturated carbocycles. The summed E-state index contributed by atoms with van der Waals surface area (Å²) in [4.78, 5) is 12.6. The first kappa shape index (κ1) is 14.6. The van der Waals surface area contributed by atoms with Gasteiger partial charge in [0.25, 0.3) is 0 Å². The van der Waals surface area contributed by atoms with Crippen molar-refractivity contribution in [2.45, 2.75) is 32.4 Å². The second kappa shape index (κ2) is 5.91. The molecule has 0 amide bonds. The van der Waals surface area contributed by atoms with Gasteiger partial charge in [0.05, 0.1) is 0 Å². The highest BCUT2D eigenvalue weighted by Crippen LogP contribution is 2.23. The van der Waals surface area contributed by atoms with Crippen LogP contribution in [0.2, 0.25) is 0 Å². The molecule has 0 radical (unpaired) electrons. The maximum Gasteiger partial charge on any atom is 0.320 e. The Bertz CT molecular complexity index is 417. The van der Waals surface area contributed by atoms with Crippen LogP contribution in [-0.4, -0.2) is 29.1 Å². The van der Waals surface area contributed by atoms with E-state index in [0.717, 1.165) is 6.07 Å². The quantitative estimate of drug-likeness (QED) is 0.881. The van der Waals surface area contributed by atoms with Crippen molar-refractivity contribution >= 4 is 5.97 Å². The van der Waals surface area contributed by atoms with Crippen molar-refractivity contribution in [2.75, 3.05) is 7.05 Å². The lowest BCUT2D eigenvalue weighted by Crippen LogP contribution is -2.39. The number of hydrogen-bond acceptors (Lipinski definition) is 2. The molecule has 0 aliphatic heterocycles. The number of hydrogen-bond donors (Lipinski definition) is 1. The molecule has 100 valence electrons. The van der Waals surface area contributed by atoms with Gasteiger partial charge in [0, 0.05) is 12.1 Å². The summed E-state index contributed by atoms with van der Waals surface area (Å²) < 4.78 is 26.2. The number of carboxylic acid groups (broad SMARTS) is 1. The maximum absolute atomic E-state index is 13.1. The van der Waals surface area contributed by atoms with Crippen LogP contribution in [0.25, 0.3) is 0 Å². The molecule has 1 rings (SSSR count). The summed E-state index contributed by atoms with van der Waals surface area (Å²) in [6, 6.07) is 2.19. The third kappa shape index (κ3) is 3.26. The van der Waals surface area contributed by atoms with Gasteiger partial charge in [-0.3, -0.25) is 9.69 Å². The van der Waals surface area contributed by atoms with Gasteiger partial charge in [0.2, 0.25) is 0 Å². The zero-order chi connectivity index (χ0) is 13.9. The van der Waals surface area contributed by atoms with Crippen LogP contribution < -0.4 is 0 Å². The largest absolute Gasteiger partial charge is 0.480 e. The van der Waals surface area contributed by atoms with Crippen molar-refractivity contribution in [3.05, 3.63) is 35.4 Å². The van der Waals surface area contributed by atoms with Crippen LogP contribution in [0, 0.1) is 11.6 Å². The van der Waals surface area contributed by atoms with Crippen molar-refractivity contribution in [3.63, 3.8) is 0 Å². The minimum atomic E-state index is -0.941. The molecule has 0 spiro atoms. The van der Waals surface area contributed by atoms with Crippen LogP contribution in [-0.2, 0) is 4.79 Å². The van der Waals surface area contributed by atoms with E-state index in [-0.39, 0.29) is 6.04 Å². The highest BCUT2D eigenvalue weighted by molar-refractivity contribution is 5.73. The summed E-state index contributed by atoms with van der Waals surface area (Å²) >= 11 is 0. The van der Waals surface area contributed by atoms with E-state index >= 15 is 0 Å². The standard InChI is InChI=1S/C13H17F2NO2/c1-4-12(13(17)18)16(3)8(2)9-5-10(14)7-11(15)6-9/h5-8,12H,4H2,1-3H3,(H,17,18). The first-order valence-corrected chi connectivity index (χ1v) is 5.77. The Kier molecular flexibility index (Phi) is 4.78. The molecule has 0 aliphatic carbocycles. The van der Waals surface area contributed by atoms with Crippen LogP contribution in [0.4, 0.5) is 8.78 Å². The summed E-state index contributed by atoms with van der Waals surface area (Å²) in [5, 5.41) is 9.06. The summed E-state index contributed by atoms with van der Waals surface area (Å²) in [6.07, 6.45) is 0.425. The first-order chi connectivity index (χ1) is 8.36. The van der Waals surface area contributed by atoms with Gasteiger partial charge in [0.15, 0.2) is 0 Å². The number of likely N-dealkylation sites (N-methyl/N-ethyl adjacent to an activating group) is 1. The predicted octanol–water partition coefficient (Wildman–Crippen LogP) is 2.82. The highest BCUT2D eigenvalue weighted by atomic mass is 19.1. The third-order valence-corrected chi connectivity index (χ3v) is 3.14. The molecule has 1 aromatic carbocycles. The average Bonchev–Trinajstić information content (AvgIpc) is 2.26. The smallest absolute Gasteiger partial charge is 0.320 e. The van der Waals surface area contributed by atoms with Gasteiger partial charge >= 0.3 is 5.97 Å². The van der Waals surface area contributed by atoms with Crippen molar-refractivity contribution < 1.29 is 18.7 Å². The zero-order valence-electron chi connectivity index (χ0n) is 10.7. The van der Waals surface area contributed by atoms with E-state index in [1.165, 1.54) is 12.1 Å². The molecule has 1 N–H and O–H groups in total. The Balaban J connectivity index is 2.98. The predicted molar refractivity (Wildman–Crippen MR) is 64.3 cm³/mol. The molecular weight excluding hydrogens is 240 g/mol. The molecule has 5 heteroatoms. The summed E-state index contributed by atoms with van der Waals surface area (Å²) in [7, 11) is 1.63. The average molecular weight is 257 g/mol. The molecule has 3 nitrogen and oxygen atoms in total. The van der Waals surface area contributed by atoms with Gasteiger partial charge < -0.3 is 5.11 Å². The molecule has 0 bridgehead atoms. The van der Waals surface area contributed by atoms with E-state index in [1.807, 2.05) is 0 Å². The minimum Gasteiger partial charge on any atom is -0.480 e. The van der Waals surface area contributed by atoms with E-state index in [2.05, 4.69) is 0 Å². The summed E-state index contributed by atoms with van der Waals surface area (Å²) in [6.45, 7) is 3.48. The lowest BCUT2D eigenvalue weighted by Gasteiger charge is -2.30. The monoisotopic (exact) mass is 257 g/mol. The van der Waals surface area contributed by atoms with E-state index < -0.39 is 23.6 Å². The van der Waals surface area contributed by atoms with Gasteiger partial charge in [-0.25, -0.2) is 8.78 Å². The molecular formula is C13H17F2NO2. The number of carboxylic acids is 1. The van der Waals surface area contributed by atoms with Crippen LogP contribution in [0.3, 0.4) is 0 Å². The number of rotatable bonds is 5. The van der Waals surface area contributed by atoms with Gasteiger partial charge in [0.1, 0.15) is 17.7 Å². The van der Waals surface area contributed by atoms with Crippen molar-refractivity contribution in [2.24, 2.45) is 0 Å². The molecule has 0 saturated heterocycles. The molecule has 0 heterocycles. The number of nitrogens with zero attached hydrogens (tertiary/aromatic N) is 1. The molecule has 18 heavy (non-hydrogen) atoms. The normalized spacial score (nSPS) is 14.6. The zero-order valence-corrected chi connectivity index (χ0v) is 10.7. The molecule has 2 atom stereocenters. The topological polar surface area (TPSA) is 40.5 Å². The fraction of sp³-hybridized carbons (Fsp3) is 0.462. The Morgan fingerprint density at radius 3 is 2.22 bits per heavy atom. The highest BCUT2D eigenvalue weighted by Gasteiger charge is 2.25. The van der Waals surface area contributed by atoms with E-state index in [1.54, 1.807) is 25.8 Å². The number of aliphatic carboxylic acids is 1. The van der Waals surface area contributed by atoms with Gasteiger partial charge in [-0.2, -0.15) is 0 Å². The molecule has 2 unspecified atom stereocenters. The van der Waals surface area contributed by atoms with Crippen LogP contribution >= 0.6 is 0 Å². The fourth-order valence-corrected chi connectivity index (χ4v) is 1.96. The maximum atomic E-state index is 13.1. The van der Waals surface area contributed by atoms with Crippen LogP contribution in [0.15, 0.2) is 18.2 Å².